The third-order valence-corrected chi connectivity index (χ3v) is 6.08. The first-order valence-electron chi connectivity index (χ1n) is 11.1. The number of hydrogen-bond acceptors (Lipinski definition) is 5. The molecule has 7 nitrogen and oxygen atoms in total. The van der Waals surface area contributed by atoms with Crippen LogP contribution in [0.15, 0.2) is 42.5 Å². The zero-order valence-electron chi connectivity index (χ0n) is 19.8. The van der Waals surface area contributed by atoms with Crippen molar-refractivity contribution in [3.05, 3.63) is 59.2 Å². The molecular formula is C25H35N5O2. The summed E-state index contributed by atoms with van der Waals surface area (Å²) in [5.74, 6) is -1.26. The van der Waals surface area contributed by atoms with Gasteiger partial charge in [0.25, 0.3) is 0 Å². The summed E-state index contributed by atoms with van der Waals surface area (Å²) in [4.78, 5) is 31.9. The number of likely N-dealkylation sites (N-methyl/N-ethyl adjacent to an activating group) is 1. The normalized spacial score (nSPS) is 15.8. The Morgan fingerprint density at radius 2 is 1.62 bits per heavy atom. The molecule has 0 spiro atoms. The molecule has 1 fully saturated rings. The van der Waals surface area contributed by atoms with Gasteiger partial charge in [0.1, 0.15) is 0 Å². The van der Waals surface area contributed by atoms with E-state index < -0.39 is 11.8 Å². The van der Waals surface area contributed by atoms with E-state index in [0.717, 1.165) is 48.6 Å². The van der Waals surface area contributed by atoms with Gasteiger partial charge in [0, 0.05) is 58.2 Å². The van der Waals surface area contributed by atoms with E-state index in [1.807, 2.05) is 46.1 Å². The first kappa shape index (κ1) is 23.8. The summed E-state index contributed by atoms with van der Waals surface area (Å²) in [6, 6.07) is 14.2. The highest BCUT2D eigenvalue weighted by Gasteiger charge is 2.25. The lowest BCUT2D eigenvalue weighted by molar-refractivity contribution is -0.136. The van der Waals surface area contributed by atoms with Crippen molar-refractivity contribution in [3.63, 3.8) is 0 Å². The minimum absolute atomic E-state index is 0.0115. The van der Waals surface area contributed by atoms with E-state index in [4.69, 9.17) is 0 Å². The Hall–Kier alpha value is -2.90. The number of aryl methyl sites for hydroxylation is 2. The Balaban J connectivity index is 1.69. The van der Waals surface area contributed by atoms with Crippen LogP contribution in [0.5, 0.6) is 0 Å². The molecule has 2 aromatic carbocycles. The van der Waals surface area contributed by atoms with Crippen molar-refractivity contribution in [2.24, 2.45) is 0 Å². The average molecular weight is 438 g/mol. The van der Waals surface area contributed by atoms with Crippen LogP contribution in [0.25, 0.3) is 0 Å². The Labute approximate surface area is 191 Å². The van der Waals surface area contributed by atoms with Gasteiger partial charge < -0.3 is 20.4 Å². The Morgan fingerprint density at radius 1 is 0.969 bits per heavy atom. The number of carbonyl (C=O) groups excluding carboxylic acids is 2. The molecule has 172 valence electrons. The number of carbonyl (C=O) groups is 2. The van der Waals surface area contributed by atoms with Gasteiger partial charge in [-0.3, -0.25) is 14.5 Å². The third-order valence-electron chi connectivity index (χ3n) is 6.08. The molecule has 0 aliphatic carbocycles. The number of benzene rings is 2. The molecule has 1 saturated heterocycles. The number of nitrogens with zero attached hydrogens (tertiary/aromatic N) is 3. The van der Waals surface area contributed by atoms with Gasteiger partial charge in [-0.05, 0) is 55.8 Å². The second-order valence-corrected chi connectivity index (χ2v) is 8.82. The van der Waals surface area contributed by atoms with Gasteiger partial charge in [0.15, 0.2) is 0 Å². The predicted octanol–water partition coefficient (Wildman–Crippen LogP) is 2.41. The van der Waals surface area contributed by atoms with E-state index in [1.165, 1.54) is 0 Å². The van der Waals surface area contributed by atoms with Crippen LogP contribution in [-0.2, 0) is 9.59 Å². The summed E-state index contributed by atoms with van der Waals surface area (Å²) in [6.45, 7) is 8.04. The molecule has 1 heterocycles. The van der Waals surface area contributed by atoms with Gasteiger partial charge in [-0.15, -0.1) is 0 Å². The van der Waals surface area contributed by atoms with Crippen molar-refractivity contribution in [1.29, 1.82) is 0 Å². The van der Waals surface area contributed by atoms with Crippen molar-refractivity contribution in [3.8, 4) is 0 Å². The van der Waals surface area contributed by atoms with Crippen LogP contribution in [0.4, 0.5) is 11.4 Å². The monoisotopic (exact) mass is 437 g/mol. The van der Waals surface area contributed by atoms with E-state index in [0.29, 0.717) is 12.2 Å². The fourth-order valence-corrected chi connectivity index (χ4v) is 3.91. The molecule has 3 rings (SSSR count). The first-order chi connectivity index (χ1) is 15.2. The van der Waals surface area contributed by atoms with Gasteiger partial charge in [0.05, 0.1) is 6.04 Å². The van der Waals surface area contributed by atoms with Gasteiger partial charge in [-0.1, -0.05) is 24.3 Å². The van der Waals surface area contributed by atoms with Crippen LogP contribution in [0.3, 0.4) is 0 Å². The number of hydrogen-bond donors (Lipinski definition) is 2. The number of nitrogens with one attached hydrogen (secondary N) is 2. The van der Waals surface area contributed by atoms with Crippen molar-refractivity contribution < 1.29 is 9.59 Å². The maximum absolute atomic E-state index is 12.6. The lowest BCUT2D eigenvalue weighted by atomic mass is 10.0. The van der Waals surface area contributed by atoms with Crippen molar-refractivity contribution in [2.75, 3.05) is 64.1 Å². The molecule has 0 radical (unpaired) electrons. The maximum atomic E-state index is 12.6. The zero-order chi connectivity index (χ0) is 23.3. The molecule has 1 aliphatic rings. The topological polar surface area (TPSA) is 67.9 Å². The van der Waals surface area contributed by atoms with Gasteiger partial charge >= 0.3 is 11.8 Å². The van der Waals surface area contributed by atoms with Crippen LogP contribution in [0.2, 0.25) is 0 Å². The SMILES string of the molecule is Cc1ccc(C)c(NC(=O)C(=O)NC[C@H](c2ccc(N(C)C)cc2)N2CCN(C)CC2)c1. The maximum Gasteiger partial charge on any atom is 0.313 e. The Bertz CT molecular complexity index is 934. The van der Waals surface area contributed by atoms with Crippen molar-refractivity contribution >= 4 is 23.2 Å². The van der Waals surface area contributed by atoms with Crippen molar-refractivity contribution in [2.45, 2.75) is 19.9 Å². The summed E-state index contributed by atoms with van der Waals surface area (Å²) in [5, 5.41) is 5.61. The lowest BCUT2D eigenvalue weighted by Crippen LogP contribution is -2.49. The lowest BCUT2D eigenvalue weighted by Gasteiger charge is -2.38. The summed E-state index contributed by atoms with van der Waals surface area (Å²) in [6.07, 6.45) is 0. The van der Waals surface area contributed by atoms with Gasteiger partial charge in [-0.25, -0.2) is 0 Å². The second-order valence-electron chi connectivity index (χ2n) is 8.82. The van der Waals surface area contributed by atoms with E-state index in [2.05, 4.69) is 56.6 Å². The highest BCUT2D eigenvalue weighted by atomic mass is 16.2. The first-order valence-corrected chi connectivity index (χ1v) is 11.1. The fraction of sp³-hybridized carbons (Fsp3) is 0.440. The molecule has 0 saturated carbocycles. The highest BCUT2D eigenvalue weighted by Crippen LogP contribution is 2.24. The molecule has 0 unspecified atom stereocenters. The van der Waals surface area contributed by atoms with Gasteiger partial charge in [-0.2, -0.15) is 0 Å². The number of rotatable bonds is 6. The Morgan fingerprint density at radius 3 is 2.25 bits per heavy atom. The smallest absolute Gasteiger partial charge is 0.313 e. The minimum atomic E-state index is -0.640. The molecule has 2 N–H and O–H groups in total. The average Bonchev–Trinajstić information content (AvgIpc) is 2.77. The van der Waals surface area contributed by atoms with Crippen molar-refractivity contribution in [1.82, 2.24) is 15.1 Å². The molecule has 7 heteroatoms. The highest BCUT2D eigenvalue weighted by molar-refractivity contribution is 6.39. The van der Waals surface area contributed by atoms with E-state index in [9.17, 15) is 9.59 Å². The van der Waals surface area contributed by atoms with Crippen LogP contribution in [0.1, 0.15) is 22.7 Å². The fourth-order valence-electron chi connectivity index (χ4n) is 3.91. The molecule has 0 bridgehead atoms. The molecule has 1 atom stereocenters. The molecular weight excluding hydrogens is 402 g/mol. The van der Waals surface area contributed by atoms with Crippen LogP contribution in [-0.4, -0.2) is 75.5 Å². The number of piperazine rings is 1. The Kier molecular flexibility index (Phi) is 7.88. The van der Waals surface area contributed by atoms with Crippen LogP contribution >= 0.6 is 0 Å². The molecule has 2 aromatic rings. The standard InChI is InChI=1S/C25H35N5O2/c1-18-6-7-19(2)22(16-18)27-25(32)24(31)26-17-23(30-14-12-29(5)13-15-30)20-8-10-21(11-9-20)28(3)4/h6-11,16,23H,12-15,17H2,1-5H3,(H,26,31)(H,27,32)/t23-/m1/s1. The van der Waals surface area contributed by atoms with E-state index in [1.54, 1.807) is 0 Å². The van der Waals surface area contributed by atoms with Crippen LogP contribution in [0, 0.1) is 13.8 Å². The largest absolute Gasteiger partial charge is 0.378 e. The number of amides is 2. The quantitative estimate of drug-likeness (QED) is 0.680. The summed E-state index contributed by atoms with van der Waals surface area (Å²) >= 11 is 0. The van der Waals surface area contributed by atoms with Crippen LogP contribution < -0.4 is 15.5 Å². The zero-order valence-corrected chi connectivity index (χ0v) is 19.8. The molecule has 1 aliphatic heterocycles. The number of anilines is 2. The third kappa shape index (κ3) is 6.08. The van der Waals surface area contributed by atoms with E-state index in [-0.39, 0.29) is 6.04 Å². The molecule has 2 amide bonds. The van der Waals surface area contributed by atoms with E-state index >= 15 is 0 Å². The summed E-state index contributed by atoms with van der Waals surface area (Å²) < 4.78 is 0. The second kappa shape index (κ2) is 10.6. The summed E-state index contributed by atoms with van der Waals surface area (Å²) in [5.41, 5.74) is 4.88. The molecule has 32 heavy (non-hydrogen) atoms. The predicted molar refractivity (Wildman–Crippen MR) is 130 cm³/mol. The minimum Gasteiger partial charge on any atom is -0.378 e. The summed E-state index contributed by atoms with van der Waals surface area (Å²) in [7, 11) is 6.15. The van der Waals surface area contributed by atoms with Gasteiger partial charge in [0.2, 0.25) is 0 Å². The molecule has 0 aromatic heterocycles.